The predicted molar refractivity (Wildman–Crippen MR) is 47.1 cm³/mol. The van der Waals surface area contributed by atoms with Gasteiger partial charge in [-0.3, -0.25) is 4.57 Å². The lowest BCUT2D eigenvalue weighted by Gasteiger charge is -2.00. The second-order valence-electron chi connectivity index (χ2n) is 2.38. The molecule has 80 valence electrons. The molecular formula is C6H15O6P. The minimum absolute atomic E-state index is 0.0425. The Hall–Kier alpha value is -0.580. The van der Waals surface area contributed by atoms with Crippen molar-refractivity contribution < 1.29 is 29.4 Å². The van der Waals surface area contributed by atoms with Gasteiger partial charge in [0.15, 0.2) is 0 Å². The molecule has 0 aromatic carbocycles. The minimum atomic E-state index is -3.70. The van der Waals surface area contributed by atoms with Crippen molar-refractivity contribution in [3.63, 3.8) is 0 Å². The van der Waals surface area contributed by atoms with Crippen molar-refractivity contribution in [2.75, 3.05) is 6.16 Å². The number of rotatable bonds is 4. The van der Waals surface area contributed by atoms with E-state index in [1.807, 2.05) is 6.92 Å². The Balaban J connectivity index is 0. The van der Waals surface area contributed by atoms with Gasteiger partial charge in [0.2, 0.25) is 0 Å². The zero-order valence-corrected chi connectivity index (χ0v) is 8.28. The van der Waals surface area contributed by atoms with Gasteiger partial charge in [-0.15, -0.1) is 0 Å². The molecule has 0 unspecified atom stereocenters. The number of carbonyl (C=O) groups is 1. The fourth-order valence-corrected chi connectivity index (χ4v) is 1.20. The molecule has 0 bridgehead atoms. The van der Waals surface area contributed by atoms with Crippen molar-refractivity contribution in [3.05, 3.63) is 0 Å². The van der Waals surface area contributed by atoms with Gasteiger partial charge in [0.1, 0.15) is 0 Å². The van der Waals surface area contributed by atoms with Crippen LogP contribution in [0.2, 0.25) is 0 Å². The summed E-state index contributed by atoms with van der Waals surface area (Å²) in [7, 11) is -3.70. The molecule has 0 fully saturated rings. The van der Waals surface area contributed by atoms with Crippen LogP contribution in [0.1, 0.15) is 26.2 Å². The van der Waals surface area contributed by atoms with E-state index in [4.69, 9.17) is 24.8 Å². The van der Waals surface area contributed by atoms with Crippen molar-refractivity contribution in [2.24, 2.45) is 0 Å². The molecular weight excluding hydrogens is 199 g/mol. The summed E-state index contributed by atoms with van der Waals surface area (Å²) in [4.78, 5) is 25.3. The molecule has 0 saturated carbocycles. The molecule has 6 nitrogen and oxygen atoms in total. The SMILES string of the molecule is CCCCCP(=O)(O)O.O=C(O)O. The van der Waals surface area contributed by atoms with Crippen LogP contribution in [-0.2, 0) is 4.57 Å². The van der Waals surface area contributed by atoms with Crippen LogP contribution >= 0.6 is 7.60 Å². The van der Waals surface area contributed by atoms with E-state index in [0.717, 1.165) is 12.8 Å². The summed E-state index contributed by atoms with van der Waals surface area (Å²) in [5, 5.41) is 13.9. The van der Waals surface area contributed by atoms with Crippen LogP contribution in [0.5, 0.6) is 0 Å². The summed E-state index contributed by atoms with van der Waals surface area (Å²) in [6.07, 6.45) is 0.757. The molecule has 7 heteroatoms. The second-order valence-corrected chi connectivity index (χ2v) is 4.15. The van der Waals surface area contributed by atoms with Crippen LogP contribution in [0.4, 0.5) is 4.79 Å². The Kier molecular flexibility index (Phi) is 9.22. The molecule has 0 aliphatic heterocycles. The summed E-state index contributed by atoms with van der Waals surface area (Å²) >= 11 is 0. The first-order chi connectivity index (χ1) is 5.79. The summed E-state index contributed by atoms with van der Waals surface area (Å²) in [5.41, 5.74) is 0. The van der Waals surface area contributed by atoms with Gasteiger partial charge in [0, 0.05) is 6.16 Å². The van der Waals surface area contributed by atoms with Crippen molar-refractivity contribution in [2.45, 2.75) is 26.2 Å². The first-order valence-corrected chi connectivity index (χ1v) is 5.55. The maximum atomic E-state index is 10.2. The molecule has 0 spiro atoms. The standard InChI is InChI=1S/C5H13O3P.CH2O3/c1-2-3-4-5-9(6,7)8;2-1(3)4/h2-5H2,1H3,(H2,6,7,8);(H2,2,3,4). The molecule has 4 N–H and O–H groups in total. The Morgan fingerprint density at radius 3 is 1.85 bits per heavy atom. The average molecular weight is 214 g/mol. The van der Waals surface area contributed by atoms with Gasteiger partial charge in [-0.25, -0.2) is 4.79 Å². The third-order valence-corrected chi connectivity index (χ3v) is 1.95. The quantitative estimate of drug-likeness (QED) is 0.417. The van der Waals surface area contributed by atoms with Gasteiger partial charge in [0.05, 0.1) is 0 Å². The molecule has 0 aromatic heterocycles. The maximum Gasteiger partial charge on any atom is 0.503 e. The second kappa shape index (κ2) is 8.04. The minimum Gasteiger partial charge on any atom is -0.450 e. The smallest absolute Gasteiger partial charge is 0.450 e. The van der Waals surface area contributed by atoms with E-state index in [-0.39, 0.29) is 6.16 Å². The highest BCUT2D eigenvalue weighted by Gasteiger charge is 2.10. The number of carboxylic acid groups (broad SMARTS) is 2. The van der Waals surface area contributed by atoms with Crippen LogP contribution in [-0.4, -0.2) is 32.3 Å². The van der Waals surface area contributed by atoms with Crippen LogP contribution in [0.15, 0.2) is 0 Å². The first-order valence-electron chi connectivity index (χ1n) is 3.76. The molecule has 0 aliphatic carbocycles. The summed E-state index contributed by atoms with van der Waals surface area (Å²) in [6, 6.07) is 0. The van der Waals surface area contributed by atoms with E-state index in [0.29, 0.717) is 6.42 Å². The van der Waals surface area contributed by atoms with Gasteiger partial charge in [0.25, 0.3) is 0 Å². The third-order valence-electron chi connectivity index (χ3n) is 1.05. The van der Waals surface area contributed by atoms with Gasteiger partial charge >= 0.3 is 13.8 Å². The maximum absolute atomic E-state index is 10.2. The zero-order chi connectivity index (χ0) is 10.9. The van der Waals surface area contributed by atoms with Crippen LogP contribution < -0.4 is 0 Å². The van der Waals surface area contributed by atoms with Crippen LogP contribution in [0, 0.1) is 0 Å². The van der Waals surface area contributed by atoms with E-state index in [2.05, 4.69) is 0 Å². The van der Waals surface area contributed by atoms with E-state index in [1.165, 1.54) is 0 Å². The zero-order valence-electron chi connectivity index (χ0n) is 7.38. The summed E-state index contributed by atoms with van der Waals surface area (Å²) in [6.45, 7) is 2.00. The topological polar surface area (TPSA) is 115 Å². The van der Waals surface area contributed by atoms with Gasteiger partial charge < -0.3 is 20.0 Å². The fraction of sp³-hybridized carbons (Fsp3) is 0.833. The molecule has 0 heterocycles. The van der Waals surface area contributed by atoms with E-state index in [1.54, 1.807) is 0 Å². The monoisotopic (exact) mass is 214 g/mol. The van der Waals surface area contributed by atoms with Crippen molar-refractivity contribution >= 4 is 13.8 Å². The Morgan fingerprint density at radius 2 is 1.62 bits per heavy atom. The molecule has 0 saturated heterocycles. The van der Waals surface area contributed by atoms with Crippen LogP contribution in [0.25, 0.3) is 0 Å². The third kappa shape index (κ3) is 34.5. The van der Waals surface area contributed by atoms with Gasteiger partial charge in [-0.05, 0) is 6.42 Å². The fourth-order valence-electron chi connectivity index (χ4n) is 0.568. The lowest BCUT2D eigenvalue weighted by molar-refractivity contribution is 0.137. The van der Waals surface area contributed by atoms with E-state index >= 15 is 0 Å². The molecule has 0 atom stereocenters. The summed E-state index contributed by atoms with van der Waals surface area (Å²) < 4.78 is 10.2. The van der Waals surface area contributed by atoms with E-state index < -0.39 is 13.8 Å². The number of hydrogen-bond acceptors (Lipinski definition) is 2. The van der Waals surface area contributed by atoms with E-state index in [9.17, 15) is 4.57 Å². The molecule has 0 aromatic rings. The lowest BCUT2D eigenvalue weighted by atomic mass is 10.3. The van der Waals surface area contributed by atoms with Crippen molar-refractivity contribution in [3.8, 4) is 0 Å². The van der Waals surface area contributed by atoms with Gasteiger partial charge in [-0.2, -0.15) is 0 Å². The normalized spacial score (nSPS) is 10.1. The predicted octanol–water partition coefficient (Wildman–Crippen LogP) is 1.58. The Bertz CT molecular complexity index is 170. The highest BCUT2D eigenvalue weighted by Crippen LogP contribution is 2.35. The number of hydrogen-bond donors (Lipinski definition) is 4. The van der Waals surface area contributed by atoms with Crippen LogP contribution in [0.3, 0.4) is 0 Å². The highest BCUT2D eigenvalue weighted by molar-refractivity contribution is 7.51. The molecule has 13 heavy (non-hydrogen) atoms. The van der Waals surface area contributed by atoms with Crippen molar-refractivity contribution in [1.82, 2.24) is 0 Å². The average Bonchev–Trinajstić information content (AvgIpc) is 1.83. The van der Waals surface area contributed by atoms with Crippen molar-refractivity contribution in [1.29, 1.82) is 0 Å². The lowest BCUT2D eigenvalue weighted by Crippen LogP contribution is -1.86. The molecule has 0 radical (unpaired) electrons. The Labute approximate surface area is 76.4 Å². The molecule has 0 aliphatic rings. The number of unbranched alkanes of at least 4 members (excludes halogenated alkanes) is 2. The largest absolute Gasteiger partial charge is 0.503 e. The summed E-state index contributed by atoms with van der Waals surface area (Å²) in [5.74, 6) is 0. The highest BCUT2D eigenvalue weighted by atomic mass is 31.2. The first kappa shape index (κ1) is 14.9. The van der Waals surface area contributed by atoms with Gasteiger partial charge in [-0.1, -0.05) is 19.8 Å². The molecule has 0 amide bonds. The Morgan fingerprint density at radius 1 is 1.23 bits per heavy atom. The molecule has 0 rings (SSSR count).